The van der Waals surface area contributed by atoms with E-state index in [1.807, 2.05) is 26.0 Å². The molecule has 4 rings (SSSR count). The molecule has 0 bridgehead atoms. The summed E-state index contributed by atoms with van der Waals surface area (Å²) in [5.74, 6) is 0. The van der Waals surface area contributed by atoms with E-state index in [0.717, 1.165) is 21.2 Å². The number of benzene rings is 2. The summed E-state index contributed by atoms with van der Waals surface area (Å²) in [5.41, 5.74) is 2.17. The fourth-order valence-electron chi connectivity index (χ4n) is 3.78. The fraction of sp³-hybridized carbons (Fsp3) is 0.333. The van der Waals surface area contributed by atoms with Gasteiger partial charge in [0, 0.05) is 22.9 Å². The molecular formula is C18H23N5O6S4. The van der Waals surface area contributed by atoms with Gasteiger partial charge in [-0.05, 0) is 50.2 Å². The molecule has 11 nitrogen and oxygen atoms in total. The third kappa shape index (κ3) is 5.45. The van der Waals surface area contributed by atoms with Gasteiger partial charge in [-0.2, -0.15) is 16.8 Å². The molecule has 2 aliphatic heterocycles. The van der Waals surface area contributed by atoms with Crippen LogP contribution in [-0.2, 0) is 20.6 Å². The smallest absolute Gasteiger partial charge is 0.346 e. The van der Waals surface area contributed by atoms with Crippen LogP contribution in [0.2, 0.25) is 0 Å². The van der Waals surface area contributed by atoms with Gasteiger partial charge in [-0.3, -0.25) is 23.9 Å². The van der Waals surface area contributed by atoms with E-state index >= 15 is 0 Å². The van der Waals surface area contributed by atoms with E-state index in [1.165, 1.54) is 23.5 Å². The summed E-state index contributed by atoms with van der Waals surface area (Å²) in [5, 5.41) is 3.61. The van der Waals surface area contributed by atoms with Gasteiger partial charge < -0.3 is 9.80 Å². The maximum Gasteiger partial charge on any atom is 0.357 e. The number of hydrogen-bond acceptors (Lipinski definition) is 9. The molecule has 0 aromatic heterocycles. The number of nitrogens with zero attached hydrogens (tertiary/aromatic N) is 2. The molecule has 2 aromatic rings. The predicted octanol–water partition coefficient (Wildman–Crippen LogP) is 2.84. The second-order valence-corrected chi connectivity index (χ2v) is 11.8. The molecule has 2 aliphatic rings. The third-order valence-electron chi connectivity index (χ3n) is 5.04. The van der Waals surface area contributed by atoms with E-state index in [1.54, 1.807) is 24.3 Å². The highest BCUT2D eigenvalue weighted by Crippen LogP contribution is 2.47. The average molecular weight is 534 g/mol. The van der Waals surface area contributed by atoms with Crippen LogP contribution in [-0.4, -0.2) is 50.0 Å². The van der Waals surface area contributed by atoms with Crippen LogP contribution >= 0.6 is 23.5 Å². The third-order valence-corrected chi connectivity index (χ3v) is 8.42. The second-order valence-electron chi connectivity index (χ2n) is 7.20. The Hall–Kier alpha value is -1.88. The van der Waals surface area contributed by atoms with Gasteiger partial charge in [0.15, 0.2) is 0 Å². The van der Waals surface area contributed by atoms with Gasteiger partial charge in [0.1, 0.15) is 11.0 Å². The van der Waals surface area contributed by atoms with Crippen LogP contribution in [0.5, 0.6) is 0 Å². The van der Waals surface area contributed by atoms with Gasteiger partial charge in [-0.15, -0.1) is 0 Å². The van der Waals surface area contributed by atoms with Gasteiger partial charge in [0.25, 0.3) is 0 Å². The lowest BCUT2D eigenvalue weighted by Crippen LogP contribution is -2.50. The van der Waals surface area contributed by atoms with Crippen molar-refractivity contribution in [3.8, 4) is 0 Å². The summed E-state index contributed by atoms with van der Waals surface area (Å²) in [6.45, 7) is 5.47. The largest absolute Gasteiger partial charge is 0.357 e. The van der Waals surface area contributed by atoms with Crippen molar-refractivity contribution in [3.05, 3.63) is 36.4 Å². The maximum atomic E-state index is 11.1. The molecule has 180 valence electrons. The van der Waals surface area contributed by atoms with Crippen LogP contribution in [0.3, 0.4) is 0 Å². The monoisotopic (exact) mass is 533 g/mol. The lowest BCUT2D eigenvalue weighted by molar-refractivity contribution is 0.487. The first kappa shape index (κ1) is 24.3. The average Bonchev–Trinajstić information content (AvgIpc) is 3.21. The van der Waals surface area contributed by atoms with E-state index in [9.17, 15) is 16.8 Å². The first-order valence-corrected chi connectivity index (χ1v) is 14.5. The van der Waals surface area contributed by atoms with Crippen LogP contribution in [0.1, 0.15) is 13.8 Å². The van der Waals surface area contributed by atoms with E-state index in [4.69, 9.17) is 9.11 Å². The quantitative estimate of drug-likeness (QED) is 0.319. The Kier molecular flexibility index (Phi) is 6.65. The second kappa shape index (κ2) is 9.05. The Bertz CT molecular complexity index is 1180. The van der Waals surface area contributed by atoms with Crippen LogP contribution in [0.25, 0.3) is 0 Å². The van der Waals surface area contributed by atoms with E-state index in [0.29, 0.717) is 13.1 Å². The van der Waals surface area contributed by atoms with Crippen LogP contribution in [0, 0.1) is 0 Å². The SMILES string of the molecule is CCN1c2ccc(NS(=O)(=O)O)cc2SC1NC1Sc2cc(NS(=O)(=O)O)ccc2N1CC. The van der Waals surface area contributed by atoms with Gasteiger partial charge in [-0.25, -0.2) is 0 Å². The molecule has 33 heavy (non-hydrogen) atoms. The Morgan fingerprint density at radius 3 is 1.52 bits per heavy atom. The zero-order valence-corrected chi connectivity index (χ0v) is 20.9. The Balaban J connectivity index is 1.53. The zero-order chi connectivity index (χ0) is 24.0. The Morgan fingerprint density at radius 1 is 0.788 bits per heavy atom. The first-order chi connectivity index (χ1) is 15.5. The summed E-state index contributed by atoms with van der Waals surface area (Å²) >= 11 is 3.06. The molecule has 0 saturated heterocycles. The molecule has 0 amide bonds. The predicted molar refractivity (Wildman–Crippen MR) is 132 cm³/mol. The van der Waals surface area contributed by atoms with Crippen molar-refractivity contribution in [2.24, 2.45) is 0 Å². The van der Waals surface area contributed by atoms with E-state index < -0.39 is 20.6 Å². The summed E-state index contributed by atoms with van der Waals surface area (Å²) in [6.07, 6.45) is 0. The molecule has 0 saturated carbocycles. The standard InChI is InChI=1S/C18H23N5O6S4/c1-3-22-13-7-5-11(20-32(24,25)26)9-15(13)30-17(22)19-18-23(4-2)14-8-6-12(10-16(14)31-18)21-33(27,28)29/h5-10,17-21H,3-4H2,1-2H3,(H,24,25,26)(H,27,28,29). The van der Waals surface area contributed by atoms with Crippen molar-refractivity contribution in [3.63, 3.8) is 0 Å². The number of nitrogens with one attached hydrogen (secondary N) is 3. The molecular weight excluding hydrogens is 510 g/mol. The van der Waals surface area contributed by atoms with Crippen LogP contribution < -0.4 is 24.6 Å². The van der Waals surface area contributed by atoms with Crippen molar-refractivity contribution in [1.29, 1.82) is 0 Å². The minimum atomic E-state index is -4.36. The topological polar surface area (TPSA) is 151 Å². The van der Waals surface area contributed by atoms with Gasteiger partial charge in [0.2, 0.25) is 0 Å². The lowest BCUT2D eigenvalue weighted by Gasteiger charge is -2.32. The van der Waals surface area contributed by atoms with Crippen molar-refractivity contribution >= 4 is 66.9 Å². The zero-order valence-electron chi connectivity index (χ0n) is 17.6. The number of thioether (sulfide) groups is 2. The number of rotatable bonds is 8. The molecule has 2 unspecified atom stereocenters. The molecule has 2 heterocycles. The highest BCUT2D eigenvalue weighted by molar-refractivity contribution is 8.01. The summed E-state index contributed by atoms with van der Waals surface area (Å²) in [6, 6.07) is 10.2. The minimum absolute atomic E-state index is 0.137. The minimum Gasteiger partial charge on any atom is -0.346 e. The van der Waals surface area contributed by atoms with Gasteiger partial charge in [0.05, 0.1) is 22.7 Å². The number of anilines is 4. The van der Waals surface area contributed by atoms with E-state index in [-0.39, 0.29) is 22.4 Å². The van der Waals surface area contributed by atoms with E-state index in [2.05, 4.69) is 24.6 Å². The molecule has 5 N–H and O–H groups in total. The molecule has 2 atom stereocenters. The highest BCUT2D eigenvalue weighted by Gasteiger charge is 2.36. The van der Waals surface area contributed by atoms with Gasteiger partial charge >= 0.3 is 20.6 Å². The number of hydrogen-bond donors (Lipinski definition) is 5. The molecule has 15 heteroatoms. The normalized spacial score (nSPS) is 20.0. The van der Waals surface area contributed by atoms with Crippen molar-refractivity contribution in [2.75, 3.05) is 32.3 Å². The molecule has 2 aromatic carbocycles. The van der Waals surface area contributed by atoms with Crippen molar-refractivity contribution in [2.45, 2.75) is 34.6 Å². The molecule has 0 radical (unpaired) electrons. The molecule has 0 spiro atoms. The Morgan fingerprint density at radius 2 is 1.18 bits per heavy atom. The molecule has 0 aliphatic carbocycles. The maximum absolute atomic E-state index is 11.1. The van der Waals surface area contributed by atoms with Crippen molar-refractivity contribution < 1.29 is 25.9 Å². The van der Waals surface area contributed by atoms with Crippen LogP contribution in [0.4, 0.5) is 22.7 Å². The molecule has 0 fully saturated rings. The summed E-state index contributed by atoms with van der Waals surface area (Å²) in [7, 11) is -8.72. The fourth-order valence-corrected chi connectivity index (χ4v) is 7.37. The lowest BCUT2D eigenvalue weighted by atomic mass is 10.2. The first-order valence-electron chi connectivity index (χ1n) is 9.88. The van der Waals surface area contributed by atoms with Crippen LogP contribution in [0.15, 0.2) is 46.2 Å². The highest BCUT2D eigenvalue weighted by atomic mass is 32.2. The summed E-state index contributed by atoms with van der Waals surface area (Å²) in [4.78, 5) is 6.04. The van der Waals surface area contributed by atoms with Gasteiger partial charge in [-0.1, -0.05) is 23.5 Å². The van der Waals surface area contributed by atoms with Crippen molar-refractivity contribution in [1.82, 2.24) is 5.32 Å². The summed E-state index contributed by atoms with van der Waals surface area (Å²) < 4.78 is 66.9. The number of fused-ring (bicyclic) bond motifs is 2. The Labute approximate surface area is 201 Å².